The third-order valence-corrected chi connectivity index (χ3v) is 3.94. The maximum Gasteiger partial charge on any atom is 0.00579 e. The van der Waals surface area contributed by atoms with Gasteiger partial charge in [-0.25, -0.2) is 0 Å². The minimum absolute atomic E-state index is 0.328. The van der Waals surface area contributed by atoms with Crippen molar-refractivity contribution < 1.29 is 0 Å². The van der Waals surface area contributed by atoms with Crippen LogP contribution in [0.2, 0.25) is 0 Å². The van der Waals surface area contributed by atoms with Gasteiger partial charge in [0.15, 0.2) is 0 Å². The molecule has 1 heterocycles. The molecule has 2 nitrogen and oxygen atoms in total. The molecule has 0 saturated carbocycles. The predicted octanol–water partition coefficient (Wildman–Crippen LogP) is 3.25. The van der Waals surface area contributed by atoms with E-state index >= 15 is 0 Å². The van der Waals surface area contributed by atoms with Gasteiger partial charge < -0.3 is 10.2 Å². The summed E-state index contributed by atoms with van der Waals surface area (Å²) in [6.45, 7) is 12.4. The monoisotopic (exact) mass is 268 g/mol. The van der Waals surface area contributed by atoms with Crippen LogP contribution in [0.5, 0.6) is 0 Å². The Labute approximate surface area is 116 Å². The van der Waals surface area contributed by atoms with Crippen molar-refractivity contribution in [2.45, 2.75) is 40.2 Å². The Morgan fingerprint density at radius 1 is 1.39 bits per heavy atom. The quantitative estimate of drug-likeness (QED) is 0.778. The largest absolute Gasteiger partial charge is 0.314 e. The molecule has 0 fully saturated rings. The lowest BCUT2D eigenvalue weighted by Crippen LogP contribution is -2.41. The lowest BCUT2D eigenvalue weighted by atomic mass is 9.92. The summed E-state index contributed by atoms with van der Waals surface area (Å²) in [7, 11) is 2.23. The second kappa shape index (κ2) is 7.27. The van der Waals surface area contributed by atoms with Crippen LogP contribution in [-0.2, 0) is 6.42 Å². The third kappa shape index (κ3) is 6.53. The van der Waals surface area contributed by atoms with E-state index in [1.807, 2.05) is 11.3 Å². The van der Waals surface area contributed by atoms with Gasteiger partial charge in [-0.1, -0.05) is 33.8 Å². The fourth-order valence-electron chi connectivity index (χ4n) is 2.10. The van der Waals surface area contributed by atoms with Gasteiger partial charge >= 0.3 is 0 Å². The maximum atomic E-state index is 3.54. The van der Waals surface area contributed by atoms with Crippen molar-refractivity contribution in [1.29, 1.82) is 0 Å². The smallest absolute Gasteiger partial charge is 0.00579 e. The first-order chi connectivity index (χ1) is 8.39. The van der Waals surface area contributed by atoms with E-state index in [0.29, 0.717) is 11.5 Å². The number of nitrogens with zero attached hydrogens (tertiary/aromatic N) is 1. The van der Waals surface area contributed by atoms with Gasteiger partial charge in [0.1, 0.15) is 0 Å². The van der Waals surface area contributed by atoms with E-state index in [1.54, 1.807) is 0 Å². The normalized spacial score (nSPS) is 12.6. The molecule has 1 aromatic rings. The molecule has 0 bridgehead atoms. The second-order valence-corrected chi connectivity index (χ2v) is 7.30. The van der Waals surface area contributed by atoms with Crippen LogP contribution in [0.3, 0.4) is 0 Å². The van der Waals surface area contributed by atoms with E-state index in [1.165, 1.54) is 11.3 Å². The highest BCUT2D eigenvalue weighted by Crippen LogP contribution is 2.16. The van der Waals surface area contributed by atoms with Crippen molar-refractivity contribution in [2.75, 3.05) is 26.7 Å². The SMILES string of the molecule is CC(C)NCC(C)(C)CN(C)CCc1cccs1. The Morgan fingerprint density at radius 2 is 2.11 bits per heavy atom. The van der Waals surface area contributed by atoms with Gasteiger partial charge in [0, 0.05) is 30.6 Å². The summed E-state index contributed by atoms with van der Waals surface area (Å²) in [6, 6.07) is 4.93. The standard InChI is InChI=1S/C15H28N2S/c1-13(2)16-11-15(3,4)12-17(5)9-8-14-7-6-10-18-14/h6-7,10,13,16H,8-9,11-12H2,1-5H3. The van der Waals surface area contributed by atoms with Crippen LogP contribution in [0.15, 0.2) is 17.5 Å². The Hall–Kier alpha value is -0.380. The first-order valence-electron chi connectivity index (χ1n) is 6.83. The molecule has 104 valence electrons. The van der Waals surface area contributed by atoms with Crippen LogP contribution in [0.4, 0.5) is 0 Å². The molecule has 0 amide bonds. The first kappa shape index (κ1) is 15.7. The van der Waals surface area contributed by atoms with Crippen molar-refractivity contribution in [3.63, 3.8) is 0 Å². The van der Waals surface area contributed by atoms with Gasteiger partial charge in [0.05, 0.1) is 0 Å². The molecule has 0 aromatic carbocycles. The van der Waals surface area contributed by atoms with Gasteiger partial charge in [-0.3, -0.25) is 0 Å². The van der Waals surface area contributed by atoms with E-state index in [4.69, 9.17) is 0 Å². The fraction of sp³-hybridized carbons (Fsp3) is 0.733. The van der Waals surface area contributed by atoms with Crippen molar-refractivity contribution >= 4 is 11.3 Å². The zero-order valence-corrected chi connectivity index (χ0v) is 13.3. The summed E-state index contributed by atoms with van der Waals surface area (Å²) in [5.41, 5.74) is 0.328. The summed E-state index contributed by atoms with van der Waals surface area (Å²) in [5.74, 6) is 0. The van der Waals surface area contributed by atoms with Gasteiger partial charge in [-0.05, 0) is 30.3 Å². The molecule has 0 saturated heterocycles. The summed E-state index contributed by atoms with van der Waals surface area (Å²) in [6.07, 6.45) is 1.17. The molecule has 0 unspecified atom stereocenters. The highest BCUT2D eigenvalue weighted by molar-refractivity contribution is 7.09. The van der Waals surface area contributed by atoms with Crippen LogP contribution in [0.25, 0.3) is 0 Å². The number of nitrogens with one attached hydrogen (secondary N) is 1. The van der Waals surface area contributed by atoms with E-state index < -0.39 is 0 Å². The Balaban J connectivity index is 2.27. The molecule has 0 aliphatic heterocycles. The van der Waals surface area contributed by atoms with Crippen LogP contribution in [0, 0.1) is 5.41 Å². The highest BCUT2D eigenvalue weighted by atomic mass is 32.1. The minimum atomic E-state index is 0.328. The number of hydrogen-bond acceptors (Lipinski definition) is 3. The van der Waals surface area contributed by atoms with Gasteiger partial charge in [0.25, 0.3) is 0 Å². The van der Waals surface area contributed by atoms with E-state index in [0.717, 1.165) is 19.6 Å². The number of rotatable bonds is 8. The zero-order valence-electron chi connectivity index (χ0n) is 12.5. The highest BCUT2D eigenvalue weighted by Gasteiger charge is 2.20. The number of hydrogen-bond donors (Lipinski definition) is 1. The molecule has 3 heteroatoms. The van der Waals surface area contributed by atoms with Crippen molar-refractivity contribution in [1.82, 2.24) is 10.2 Å². The maximum absolute atomic E-state index is 3.54. The Bertz CT molecular complexity index is 317. The Kier molecular flexibility index (Phi) is 6.33. The van der Waals surface area contributed by atoms with E-state index in [2.05, 4.69) is 62.5 Å². The Morgan fingerprint density at radius 3 is 2.67 bits per heavy atom. The van der Waals surface area contributed by atoms with Crippen LogP contribution in [-0.4, -0.2) is 37.6 Å². The van der Waals surface area contributed by atoms with Crippen LogP contribution >= 0.6 is 11.3 Å². The van der Waals surface area contributed by atoms with Gasteiger partial charge in [0.2, 0.25) is 0 Å². The molecule has 0 aliphatic rings. The summed E-state index contributed by atoms with van der Waals surface area (Å²) >= 11 is 1.86. The summed E-state index contributed by atoms with van der Waals surface area (Å²) in [4.78, 5) is 3.93. The van der Waals surface area contributed by atoms with Gasteiger partial charge in [-0.15, -0.1) is 11.3 Å². The van der Waals surface area contributed by atoms with Crippen LogP contribution < -0.4 is 5.32 Å². The zero-order chi connectivity index (χ0) is 13.6. The van der Waals surface area contributed by atoms with Gasteiger partial charge in [-0.2, -0.15) is 0 Å². The summed E-state index contributed by atoms with van der Waals surface area (Å²) in [5, 5.41) is 5.69. The third-order valence-electron chi connectivity index (χ3n) is 3.01. The molecule has 0 atom stereocenters. The lowest BCUT2D eigenvalue weighted by Gasteiger charge is -2.31. The average Bonchev–Trinajstić information content (AvgIpc) is 2.76. The molecule has 1 aromatic heterocycles. The molecular formula is C15H28N2S. The molecule has 0 spiro atoms. The first-order valence-corrected chi connectivity index (χ1v) is 7.71. The van der Waals surface area contributed by atoms with Crippen molar-refractivity contribution in [3.05, 3.63) is 22.4 Å². The molecular weight excluding hydrogens is 240 g/mol. The average molecular weight is 268 g/mol. The van der Waals surface area contributed by atoms with Crippen LogP contribution in [0.1, 0.15) is 32.6 Å². The van der Waals surface area contributed by atoms with E-state index in [-0.39, 0.29) is 0 Å². The molecule has 1 N–H and O–H groups in total. The molecule has 1 rings (SSSR count). The number of thiophene rings is 1. The molecule has 0 radical (unpaired) electrons. The number of likely N-dealkylation sites (N-methyl/N-ethyl adjacent to an activating group) is 1. The molecule has 0 aliphatic carbocycles. The summed E-state index contributed by atoms with van der Waals surface area (Å²) < 4.78 is 0. The lowest BCUT2D eigenvalue weighted by molar-refractivity contribution is 0.202. The predicted molar refractivity (Wildman–Crippen MR) is 82.4 cm³/mol. The fourth-order valence-corrected chi connectivity index (χ4v) is 2.80. The van der Waals surface area contributed by atoms with E-state index in [9.17, 15) is 0 Å². The molecule has 18 heavy (non-hydrogen) atoms. The second-order valence-electron chi connectivity index (χ2n) is 6.27. The topological polar surface area (TPSA) is 15.3 Å². The van der Waals surface area contributed by atoms with Crippen molar-refractivity contribution in [3.8, 4) is 0 Å². The van der Waals surface area contributed by atoms with Crippen molar-refractivity contribution in [2.24, 2.45) is 5.41 Å². The minimum Gasteiger partial charge on any atom is -0.314 e.